The second-order valence-corrected chi connectivity index (χ2v) is 13.3. The van der Waals surface area contributed by atoms with Crippen molar-refractivity contribution in [2.45, 2.75) is 0 Å². The molecule has 0 fully saturated rings. The molecule has 6 aromatic rings. The number of halogens is 3. The molecular weight excluding hydrogens is 760 g/mol. The summed E-state index contributed by atoms with van der Waals surface area (Å²) < 4.78 is 27.5. The minimum Gasteiger partial charge on any atom is -0.499 e. The molecule has 0 aliphatic heterocycles. The molecule has 6 N–H and O–H groups in total. The van der Waals surface area contributed by atoms with Crippen molar-refractivity contribution in [1.29, 1.82) is 0 Å². The number of hydrogen-bond acceptors (Lipinski definition) is 11. The standard InChI is InChI=1S/C18H11ClFNO5S.C17H11FN2O5S/c19-11-5-8(2-4-12(11)20)9-1-3-10-13(6-9)27-18(26)15(16(10)24)17(25)21-7-14(22)23;18-10-3-9(5-19-6-10)8-1-2-11-12(4-8)26-17(25)14(15(11)23)16(24)20-7-13(21)22/h1-6,26H,7H2,(H,21,25)(H,22,23);1-6,25H,7H2,(H,20,24)(H,21,22). The Hall–Kier alpha value is -6.30. The number of hydrogen-bond donors (Lipinski definition) is 6. The molecule has 270 valence electrons. The van der Waals surface area contributed by atoms with Gasteiger partial charge in [0.05, 0.1) is 11.2 Å². The lowest BCUT2D eigenvalue weighted by Crippen LogP contribution is -2.32. The molecule has 0 radical (unpaired) electrons. The van der Waals surface area contributed by atoms with E-state index >= 15 is 0 Å². The third kappa shape index (κ3) is 8.61. The van der Waals surface area contributed by atoms with Crippen LogP contribution in [0.2, 0.25) is 5.02 Å². The second-order valence-electron chi connectivity index (χ2n) is 10.8. The predicted molar refractivity (Wildman–Crippen MR) is 193 cm³/mol. The van der Waals surface area contributed by atoms with E-state index in [1.54, 1.807) is 24.3 Å². The van der Waals surface area contributed by atoms with Crippen LogP contribution in [0, 0.1) is 11.6 Å². The van der Waals surface area contributed by atoms with Crippen molar-refractivity contribution in [3.63, 3.8) is 0 Å². The molecule has 0 aliphatic rings. The van der Waals surface area contributed by atoms with Crippen LogP contribution in [0.3, 0.4) is 0 Å². The molecule has 53 heavy (non-hydrogen) atoms. The number of rotatable bonds is 8. The summed E-state index contributed by atoms with van der Waals surface area (Å²) in [5.74, 6) is -5.55. The number of aromatic nitrogens is 1. The van der Waals surface area contributed by atoms with Gasteiger partial charge in [-0.2, -0.15) is 0 Å². The fourth-order valence-corrected chi connectivity index (χ4v) is 6.94. The molecule has 2 amide bonds. The second kappa shape index (κ2) is 15.9. The van der Waals surface area contributed by atoms with E-state index in [1.165, 1.54) is 42.6 Å². The van der Waals surface area contributed by atoms with E-state index in [2.05, 4.69) is 10.3 Å². The molecule has 0 spiro atoms. The first kappa shape index (κ1) is 37.9. The number of aromatic hydroxyl groups is 2. The maximum absolute atomic E-state index is 13.3. The lowest BCUT2D eigenvalue weighted by atomic mass is 10.0. The summed E-state index contributed by atoms with van der Waals surface area (Å²) in [7, 11) is 0. The third-order valence-corrected chi connectivity index (χ3v) is 9.49. The van der Waals surface area contributed by atoms with Gasteiger partial charge in [0.25, 0.3) is 11.8 Å². The van der Waals surface area contributed by atoms with Crippen LogP contribution >= 0.6 is 34.3 Å². The number of carbonyl (C=O) groups is 4. The van der Waals surface area contributed by atoms with Crippen LogP contribution in [0.15, 0.2) is 82.6 Å². The number of carboxylic acids is 2. The SMILES string of the molecule is O=C(O)CNC(=O)c1c(O)sc2cc(-c3ccc(F)c(Cl)c3)ccc2c1=O.O=C(O)CNC(=O)c1c(O)sc2cc(-c3cncc(F)c3)ccc2c1=O. The number of benzene rings is 3. The zero-order chi connectivity index (χ0) is 38.6. The maximum atomic E-state index is 13.3. The van der Waals surface area contributed by atoms with Gasteiger partial charge < -0.3 is 31.1 Å². The van der Waals surface area contributed by atoms with E-state index in [4.69, 9.17) is 21.8 Å². The minimum absolute atomic E-state index is 0.0471. The number of nitrogens with one attached hydrogen (secondary N) is 2. The van der Waals surface area contributed by atoms with Crippen molar-refractivity contribution in [2.24, 2.45) is 0 Å². The average molecular weight is 782 g/mol. The molecule has 3 aromatic heterocycles. The number of aliphatic carboxylic acids is 2. The van der Waals surface area contributed by atoms with Gasteiger partial charge in [-0.25, -0.2) is 8.78 Å². The first-order valence-electron chi connectivity index (χ1n) is 14.8. The van der Waals surface area contributed by atoms with Gasteiger partial charge in [0.1, 0.15) is 35.9 Å². The minimum atomic E-state index is -1.28. The lowest BCUT2D eigenvalue weighted by molar-refractivity contribution is -0.136. The van der Waals surface area contributed by atoms with Gasteiger partial charge in [0, 0.05) is 31.9 Å². The number of pyridine rings is 1. The summed E-state index contributed by atoms with van der Waals surface area (Å²) >= 11 is 7.38. The third-order valence-electron chi connectivity index (χ3n) is 7.29. The summed E-state index contributed by atoms with van der Waals surface area (Å²) in [5.41, 5.74) is -0.115. The van der Waals surface area contributed by atoms with Crippen molar-refractivity contribution in [3.05, 3.63) is 121 Å². The molecule has 3 aromatic carbocycles. The fourth-order valence-electron chi connectivity index (χ4n) is 4.86. The van der Waals surface area contributed by atoms with Crippen LogP contribution < -0.4 is 21.5 Å². The molecule has 0 saturated heterocycles. The summed E-state index contributed by atoms with van der Waals surface area (Å²) in [6, 6.07) is 14.8. The van der Waals surface area contributed by atoms with Gasteiger partial charge in [-0.15, -0.1) is 0 Å². The molecular formula is C35H22ClF2N3O10S2. The van der Waals surface area contributed by atoms with E-state index in [9.17, 15) is 47.8 Å². The summed E-state index contributed by atoms with van der Waals surface area (Å²) in [6.45, 7) is -1.35. The molecule has 18 heteroatoms. The highest BCUT2D eigenvalue weighted by atomic mass is 35.5. The van der Waals surface area contributed by atoms with Crippen LogP contribution in [-0.2, 0) is 9.59 Å². The van der Waals surface area contributed by atoms with Gasteiger partial charge in [0.2, 0.25) is 10.9 Å². The zero-order valence-electron chi connectivity index (χ0n) is 26.5. The smallest absolute Gasteiger partial charge is 0.322 e. The number of nitrogens with zero attached hydrogens (tertiary/aromatic N) is 1. The Labute approximate surface area is 308 Å². The van der Waals surface area contributed by atoms with Gasteiger partial charge in [0.15, 0.2) is 10.1 Å². The van der Waals surface area contributed by atoms with Crippen LogP contribution in [-0.4, -0.2) is 62.3 Å². The van der Waals surface area contributed by atoms with Crippen molar-refractivity contribution in [1.82, 2.24) is 15.6 Å². The average Bonchev–Trinajstić information content (AvgIpc) is 3.10. The molecule has 0 saturated carbocycles. The first-order chi connectivity index (χ1) is 25.1. The van der Waals surface area contributed by atoms with Crippen LogP contribution in [0.4, 0.5) is 8.78 Å². The number of amides is 2. The molecule has 0 aliphatic carbocycles. The predicted octanol–water partition coefficient (Wildman–Crippen LogP) is 5.22. The number of fused-ring (bicyclic) bond motifs is 2. The highest BCUT2D eigenvalue weighted by Crippen LogP contribution is 2.33. The van der Waals surface area contributed by atoms with E-state index in [-0.39, 0.29) is 15.8 Å². The Morgan fingerprint density at radius 3 is 1.57 bits per heavy atom. The van der Waals surface area contributed by atoms with Crippen molar-refractivity contribution in [3.8, 4) is 32.4 Å². The molecule has 0 atom stereocenters. The van der Waals surface area contributed by atoms with Crippen LogP contribution in [0.5, 0.6) is 10.1 Å². The highest BCUT2D eigenvalue weighted by Gasteiger charge is 2.21. The van der Waals surface area contributed by atoms with Crippen molar-refractivity contribution >= 4 is 78.2 Å². The van der Waals surface area contributed by atoms with Crippen LogP contribution in [0.25, 0.3) is 42.4 Å². The van der Waals surface area contributed by atoms with Gasteiger partial charge >= 0.3 is 11.9 Å². The Balaban J connectivity index is 0.000000204. The van der Waals surface area contributed by atoms with E-state index < -0.39 is 80.6 Å². The number of carbonyl (C=O) groups excluding carboxylic acids is 2. The van der Waals surface area contributed by atoms with E-state index in [0.717, 1.165) is 28.9 Å². The van der Waals surface area contributed by atoms with Gasteiger partial charge in [-0.3, -0.25) is 33.8 Å². The van der Waals surface area contributed by atoms with Gasteiger partial charge in [-0.1, -0.05) is 52.5 Å². The number of carboxylic acid groups (broad SMARTS) is 2. The van der Waals surface area contributed by atoms with Crippen molar-refractivity contribution < 1.29 is 48.4 Å². The highest BCUT2D eigenvalue weighted by molar-refractivity contribution is 7.20. The zero-order valence-corrected chi connectivity index (χ0v) is 28.9. The largest absolute Gasteiger partial charge is 0.499 e. The summed E-state index contributed by atoms with van der Waals surface area (Å²) in [4.78, 5) is 73.9. The Kier molecular flexibility index (Phi) is 11.4. The Morgan fingerprint density at radius 2 is 1.11 bits per heavy atom. The van der Waals surface area contributed by atoms with Crippen molar-refractivity contribution in [2.75, 3.05) is 13.1 Å². The topological polar surface area (TPSA) is 220 Å². The molecule has 13 nitrogen and oxygen atoms in total. The van der Waals surface area contributed by atoms with Crippen LogP contribution in [0.1, 0.15) is 20.7 Å². The Morgan fingerprint density at radius 1 is 0.660 bits per heavy atom. The fraction of sp³-hybridized carbons (Fsp3) is 0.0571. The first-order valence-corrected chi connectivity index (χ1v) is 16.8. The normalized spacial score (nSPS) is 10.7. The molecule has 0 bridgehead atoms. The Bertz CT molecular complexity index is 2600. The quantitative estimate of drug-likeness (QED) is 0.118. The van der Waals surface area contributed by atoms with Gasteiger partial charge in [-0.05, 0) is 59.2 Å². The summed E-state index contributed by atoms with van der Waals surface area (Å²) in [5, 5.41) is 40.7. The monoisotopic (exact) mass is 781 g/mol. The summed E-state index contributed by atoms with van der Waals surface area (Å²) in [6.07, 6.45) is 2.53. The molecule has 3 heterocycles. The maximum Gasteiger partial charge on any atom is 0.322 e. The molecule has 0 unspecified atom stereocenters. The molecule has 6 rings (SSSR count). The van der Waals surface area contributed by atoms with E-state index in [1.807, 2.05) is 5.32 Å². The van der Waals surface area contributed by atoms with E-state index in [0.29, 0.717) is 31.7 Å². The lowest BCUT2D eigenvalue weighted by Gasteiger charge is -2.08.